The number of fused-ring (bicyclic) bond motifs is 1. The lowest BCUT2D eigenvalue weighted by Gasteiger charge is -2.06. The summed E-state index contributed by atoms with van der Waals surface area (Å²) in [5, 5.41) is 2.88. The van der Waals surface area contributed by atoms with Crippen LogP contribution in [0.25, 0.3) is 11.1 Å². The van der Waals surface area contributed by atoms with Gasteiger partial charge in [0.05, 0.1) is 6.33 Å². The number of nitrogens with one attached hydrogen (secondary N) is 1. The Morgan fingerprint density at radius 2 is 2.07 bits per heavy atom. The molecule has 0 aliphatic carbocycles. The monoisotopic (exact) mass is 396 g/mol. The summed E-state index contributed by atoms with van der Waals surface area (Å²) in [6.07, 6.45) is -2.93. The smallest absolute Gasteiger partial charge is 0.433 e. The van der Waals surface area contributed by atoms with E-state index < -0.39 is 11.9 Å². The Morgan fingerprint density at radius 1 is 1.25 bits per heavy atom. The van der Waals surface area contributed by atoms with Crippen LogP contribution in [0, 0.1) is 0 Å². The first-order chi connectivity index (χ1) is 13.4. The van der Waals surface area contributed by atoms with Gasteiger partial charge >= 0.3 is 6.18 Å². The highest BCUT2D eigenvalue weighted by Gasteiger charge is 2.31. The summed E-state index contributed by atoms with van der Waals surface area (Å²) in [5.74, 6) is 0.454. The largest absolute Gasteiger partial charge is 0.489 e. The fraction of sp³-hybridized carbons (Fsp3) is 0.222. The second-order valence-corrected chi connectivity index (χ2v) is 5.81. The number of alkyl halides is 3. The molecule has 10 heteroatoms. The van der Waals surface area contributed by atoms with Gasteiger partial charge in [-0.3, -0.25) is 4.98 Å². The van der Waals surface area contributed by atoms with Crippen molar-refractivity contribution in [3.8, 4) is 5.75 Å². The molecule has 3 N–H and O–H groups in total. The highest BCUT2D eigenvalue weighted by molar-refractivity contribution is 5.76. The minimum Gasteiger partial charge on any atom is -0.489 e. The van der Waals surface area contributed by atoms with Crippen molar-refractivity contribution < 1.29 is 26.7 Å². The van der Waals surface area contributed by atoms with E-state index in [4.69, 9.17) is 14.9 Å². The molecule has 0 saturated heterocycles. The van der Waals surface area contributed by atoms with Gasteiger partial charge in [-0.25, -0.2) is 4.39 Å². The zero-order valence-corrected chi connectivity index (χ0v) is 14.5. The lowest BCUT2D eigenvalue weighted by molar-refractivity contribution is -0.141. The van der Waals surface area contributed by atoms with Crippen LogP contribution in [0.3, 0.4) is 0 Å². The normalized spacial score (nSPS) is 12.4. The SMILES string of the molecule is NC/C(=C\F)COc1ccc2nc(NCc3ccc(C(F)(F)F)nc3)oc2c1. The molecule has 0 bridgehead atoms. The second-order valence-electron chi connectivity index (χ2n) is 5.81. The molecule has 0 saturated carbocycles. The number of hydrogen-bond acceptors (Lipinski definition) is 6. The van der Waals surface area contributed by atoms with E-state index in [2.05, 4.69) is 15.3 Å². The molecule has 3 rings (SSSR count). The summed E-state index contributed by atoms with van der Waals surface area (Å²) < 4.78 is 61.1. The number of anilines is 1. The van der Waals surface area contributed by atoms with E-state index >= 15 is 0 Å². The number of nitrogens with zero attached hydrogens (tertiary/aromatic N) is 2. The molecule has 0 aliphatic rings. The molecule has 3 aromatic rings. The Bertz CT molecular complexity index is 968. The van der Waals surface area contributed by atoms with Crippen molar-refractivity contribution in [1.82, 2.24) is 9.97 Å². The molecule has 0 radical (unpaired) electrons. The molecule has 0 amide bonds. The summed E-state index contributed by atoms with van der Waals surface area (Å²) in [5.41, 5.74) is 6.25. The van der Waals surface area contributed by atoms with Gasteiger partial charge in [-0.05, 0) is 23.8 Å². The van der Waals surface area contributed by atoms with Crippen LogP contribution in [-0.4, -0.2) is 23.1 Å². The number of halogens is 4. The van der Waals surface area contributed by atoms with Gasteiger partial charge in [-0.1, -0.05) is 6.07 Å². The first kappa shape index (κ1) is 19.6. The molecule has 1 aromatic carbocycles. The molecule has 0 unspecified atom stereocenters. The minimum atomic E-state index is -4.48. The van der Waals surface area contributed by atoms with Crippen molar-refractivity contribution in [3.63, 3.8) is 0 Å². The van der Waals surface area contributed by atoms with E-state index in [0.717, 1.165) is 12.3 Å². The Hall–Kier alpha value is -3.14. The van der Waals surface area contributed by atoms with Crippen LogP contribution in [-0.2, 0) is 12.7 Å². The molecular weight excluding hydrogens is 380 g/mol. The van der Waals surface area contributed by atoms with Gasteiger partial charge in [0.1, 0.15) is 23.6 Å². The van der Waals surface area contributed by atoms with Crippen LogP contribution in [0.4, 0.5) is 23.6 Å². The van der Waals surface area contributed by atoms with Gasteiger partial charge in [0.25, 0.3) is 6.01 Å². The Kier molecular flexibility index (Phi) is 5.78. The maximum absolute atomic E-state index is 12.5. The quantitative estimate of drug-likeness (QED) is 0.586. The number of aromatic nitrogens is 2. The first-order valence-electron chi connectivity index (χ1n) is 8.16. The topological polar surface area (TPSA) is 86.2 Å². The fourth-order valence-electron chi connectivity index (χ4n) is 2.26. The number of ether oxygens (including phenoxy) is 1. The average molecular weight is 396 g/mol. The number of pyridine rings is 1. The predicted octanol–water partition coefficient (Wildman–Crippen LogP) is 4.04. The average Bonchev–Trinajstić information content (AvgIpc) is 3.09. The molecular formula is C18H16F4N4O2. The zero-order chi connectivity index (χ0) is 20.1. The molecule has 28 heavy (non-hydrogen) atoms. The van der Waals surface area contributed by atoms with Crippen LogP contribution in [0.5, 0.6) is 5.75 Å². The van der Waals surface area contributed by atoms with Gasteiger partial charge in [-0.2, -0.15) is 18.2 Å². The summed E-state index contributed by atoms with van der Waals surface area (Å²) in [6, 6.07) is 7.35. The number of oxazole rings is 1. The van der Waals surface area contributed by atoms with Gasteiger partial charge in [0.2, 0.25) is 0 Å². The maximum Gasteiger partial charge on any atom is 0.433 e. The highest BCUT2D eigenvalue weighted by Crippen LogP contribution is 2.27. The van der Waals surface area contributed by atoms with Gasteiger partial charge in [0, 0.05) is 30.9 Å². The first-order valence-corrected chi connectivity index (χ1v) is 8.16. The highest BCUT2D eigenvalue weighted by atomic mass is 19.4. The van der Waals surface area contributed by atoms with Crippen molar-refractivity contribution in [3.05, 3.63) is 59.7 Å². The van der Waals surface area contributed by atoms with E-state index in [0.29, 0.717) is 34.3 Å². The number of nitrogens with two attached hydrogens (primary N) is 1. The number of rotatable bonds is 7. The lowest BCUT2D eigenvalue weighted by atomic mass is 10.2. The Morgan fingerprint density at radius 3 is 2.71 bits per heavy atom. The van der Waals surface area contributed by atoms with Gasteiger partial charge < -0.3 is 20.2 Å². The summed E-state index contributed by atoms with van der Waals surface area (Å²) in [6.45, 7) is 0.245. The third-order valence-electron chi connectivity index (χ3n) is 3.76. The number of hydrogen-bond donors (Lipinski definition) is 2. The van der Waals surface area contributed by atoms with E-state index in [-0.39, 0.29) is 25.7 Å². The van der Waals surface area contributed by atoms with Crippen molar-refractivity contribution in [1.29, 1.82) is 0 Å². The van der Waals surface area contributed by atoms with Crippen molar-refractivity contribution in [2.75, 3.05) is 18.5 Å². The van der Waals surface area contributed by atoms with Crippen molar-refractivity contribution >= 4 is 17.1 Å². The lowest BCUT2D eigenvalue weighted by Crippen LogP contribution is -2.10. The van der Waals surface area contributed by atoms with Crippen LogP contribution >= 0.6 is 0 Å². The van der Waals surface area contributed by atoms with Gasteiger partial charge in [0.15, 0.2) is 5.58 Å². The maximum atomic E-state index is 12.5. The summed E-state index contributed by atoms with van der Waals surface area (Å²) >= 11 is 0. The van der Waals surface area contributed by atoms with Crippen molar-refractivity contribution in [2.45, 2.75) is 12.7 Å². The molecule has 0 aliphatic heterocycles. The summed E-state index contributed by atoms with van der Waals surface area (Å²) in [7, 11) is 0. The predicted molar refractivity (Wildman–Crippen MR) is 94.3 cm³/mol. The zero-order valence-electron chi connectivity index (χ0n) is 14.5. The second kappa shape index (κ2) is 8.26. The summed E-state index contributed by atoms with van der Waals surface area (Å²) in [4.78, 5) is 7.62. The van der Waals surface area contributed by atoms with Crippen LogP contribution in [0.2, 0.25) is 0 Å². The third kappa shape index (κ3) is 4.77. The number of benzene rings is 1. The standard InChI is InChI=1S/C18H16F4N4O2/c19-6-12(7-23)10-27-13-2-3-14-15(5-13)28-17(26-14)25-9-11-1-4-16(24-8-11)18(20,21)22/h1-6,8H,7,9-10,23H2,(H,25,26)/b12-6+. The molecule has 0 atom stereocenters. The van der Waals surface area contributed by atoms with Gasteiger partial charge in [-0.15, -0.1) is 0 Å². The molecule has 6 nitrogen and oxygen atoms in total. The molecule has 0 fully saturated rings. The van der Waals surface area contributed by atoms with E-state index in [1.165, 1.54) is 6.07 Å². The van der Waals surface area contributed by atoms with E-state index in [1.54, 1.807) is 18.2 Å². The van der Waals surface area contributed by atoms with Crippen molar-refractivity contribution in [2.24, 2.45) is 5.73 Å². The minimum absolute atomic E-state index is 0.0126. The third-order valence-corrected chi connectivity index (χ3v) is 3.76. The Labute approximate surface area is 157 Å². The van der Waals surface area contributed by atoms with E-state index in [1.807, 2.05) is 0 Å². The van der Waals surface area contributed by atoms with E-state index in [9.17, 15) is 17.6 Å². The van der Waals surface area contributed by atoms with Crippen LogP contribution < -0.4 is 15.8 Å². The molecule has 148 valence electrons. The fourth-order valence-corrected chi connectivity index (χ4v) is 2.26. The molecule has 2 heterocycles. The molecule has 0 spiro atoms. The van der Waals surface area contributed by atoms with Crippen LogP contribution in [0.15, 0.2) is 52.8 Å². The Balaban J connectivity index is 1.64. The van der Waals surface area contributed by atoms with Crippen LogP contribution in [0.1, 0.15) is 11.3 Å². The molecule has 2 aromatic heterocycles.